The summed E-state index contributed by atoms with van der Waals surface area (Å²) in [5, 5.41) is 2.48. The van der Waals surface area contributed by atoms with Gasteiger partial charge in [0.25, 0.3) is 0 Å². The Morgan fingerprint density at radius 2 is 2.24 bits per heavy atom. The fourth-order valence-electron chi connectivity index (χ4n) is 1.45. The Kier molecular flexibility index (Phi) is 4.57. The minimum atomic E-state index is -0.550. The van der Waals surface area contributed by atoms with E-state index in [1.807, 2.05) is 6.92 Å². The predicted octanol–water partition coefficient (Wildman–Crippen LogP) is 1.63. The smallest absolute Gasteiger partial charge is 0.239 e. The van der Waals surface area contributed by atoms with Crippen LogP contribution < -0.4 is 16.0 Å². The third-order valence-electron chi connectivity index (χ3n) is 2.41. The lowest BCUT2D eigenvalue weighted by Gasteiger charge is -2.23. The van der Waals surface area contributed by atoms with Crippen LogP contribution in [0.3, 0.4) is 0 Å². The summed E-state index contributed by atoms with van der Waals surface area (Å²) in [6.45, 7) is 2.52. The molecule has 0 atom stereocenters. The van der Waals surface area contributed by atoms with Crippen LogP contribution >= 0.6 is 11.6 Å². The number of hydrogen-bond acceptors (Lipinski definition) is 3. The molecule has 94 valence electrons. The highest BCUT2D eigenvalue weighted by Gasteiger charge is 2.14. The number of carbonyl (C=O) groups is 1. The molecule has 0 fully saturated rings. The van der Waals surface area contributed by atoms with Crippen molar-refractivity contribution in [3.05, 3.63) is 23.0 Å². The zero-order valence-electron chi connectivity index (χ0n) is 9.76. The van der Waals surface area contributed by atoms with Gasteiger partial charge < -0.3 is 16.0 Å². The summed E-state index contributed by atoms with van der Waals surface area (Å²) in [5.74, 6) is -0.715. The molecule has 1 amide bonds. The van der Waals surface area contributed by atoms with E-state index in [2.05, 4.69) is 5.32 Å². The van der Waals surface area contributed by atoms with Crippen molar-refractivity contribution in [2.45, 2.75) is 6.92 Å². The molecule has 6 heteroatoms. The Hall–Kier alpha value is -1.49. The number of amides is 1. The fourth-order valence-corrected chi connectivity index (χ4v) is 1.62. The molecule has 4 nitrogen and oxygen atoms in total. The summed E-state index contributed by atoms with van der Waals surface area (Å²) in [4.78, 5) is 13.0. The summed E-state index contributed by atoms with van der Waals surface area (Å²) < 4.78 is 13.4. The molecule has 0 aliphatic heterocycles. The van der Waals surface area contributed by atoms with E-state index in [1.165, 1.54) is 12.1 Å². The zero-order chi connectivity index (χ0) is 13.0. The topological polar surface area (TPSA) is 58.4 Å². The molecule has 17 heavy (non-hydrogen) atoms. The zero-order valence-corrected chi connectivity index (χ0v) is 10.5. The molecule has 1 aromatic carbocycles. The molecule has 0 radical (unpaired) electrons. The molecule has 0 aliphatic carbocycles. The first-order valence-corrected chi connectivity index (χ1v) is 5.57. The number of nitrogens with zero attached hydrogens (tertiary/aromatic N) is 1. The molecule has 0 unspecified atom stereocenters. The van der Waals surface area contributed by atoms with Crippen molar-refractivity contribution in [3.8, 4) is 0 Å². The lowest BCUT2D eigenvalue weighted by atomic mass is 10.2. The van der Waals surface area contributed by atoms with E-state index in [0.717, 1.165) is 0 Å². The van der Waals surface area contributed by atoms with Crippen LogP contribution in [0.1, 0.15) is 6.92 Å². The average molecular weight is 260 g/mol. The maximum atomic E-state index is 13.4. The highest BCUT2D eigenvalue weighted by Crippen LogP contribution is 2.28. The van der Waals surface area contributed by atoms with Gasteiger partial charge in [0.1, 0.15) is 5.82 Å². The molecular weight excluding hydrogens is 245 g/mol. The van der Waals surface area contributed by atoms with E-state index >= 15 is 0 Å². The van der Waals surface area contributed by atoms with Crippen molar-refractivity contribution < 1.29 is 9.18 Å². The van der Waals surface area contributed by atoms with Gasteiger partial charge in [0, 0.05) is 19.7 Å². The fraction of sp³-hybridized carbons (Fsp3) is 0.364. The Bertz CT molecular complexity index is 425. The van der Waals surface area contributed by atoms with Crippen LogP contribution in [0.15, 0.2) is 12.1 Å². The van der Waals surface area contributed by atoms with Gasteiger partial charge in [-0.15, -0.1) is 0 Å². The summed E-state index contributed by atoms with van der Waals surface area (Å²) in [7, 11) is 1.54. The van der Waals surface area contributed by atoms with Crippen molar-refractivity contribution >= 4 is 28.9 Å². The first-order chi connectivity index (χ1) is 7.99. The Balaban J connectivity index is 3.03. The normalized spacial score (nSPS) is 10.1. The van der Waals surface area contributed by atoms with Gasteiger partial charge in [0.05, 0.1) is 22.9 Å². The molecule has 0 saturated heterocycles. The number of likely N-dealkylation sites (N-methyl/N-ethyl adjacent to an activating group) is 2. The quantitative estimate of drug-likeness (QED) is 0.808. The molecule has 0 heterocycles. The number of nitrogens with two attached hydrogens (primary N) is 1. The third-order valence-corrected chi connectivity index (χ3v) is 2.69. The Labute approximate surface area is 105 Å². The summed E-state index contributed by atoms with van der Waals surface area (Å²) >= 11 is 5.61. The molecule has 0 bridgehead atoms. The van der Waals surface area contributed by atoms with Crippen LogP contribution in [0.4, 0.5) is 15.8 Å². The number of hydrogen-bond donors (Lipinski definition) is 2. The van der Waals surface area contributed by atoms with Gasteiger partial charge in [0.15, 0.2) is 0 Å². The molecule has 0 saturated carbocycles. The largest absolute Gasteiger partial charge is 0.397 e. The van der Waals surface area contributed by atoms with Crippen LogP contribution in [-0.4, -0.2) is 26.0 Å². The molecular formula is C11H15ClFN3O. The number of nitrogen functional groups attached to an aromatic ring is 1. The minimum absolute atomic E-state index is 0.0257. The SMILES string of the molecule is CCN(CC(=O)NC)c1cc(F)c(Cl)cc1N. The monoisotopic (exact) mass is 259 g/mol. The van der Waals surface area contributed by atoms with Gasteiger partial charge in [-0.1, -0.05) is 11.6 Å². The van der Waals surface area contributed by atoms with Gasteiger partial charge in [0.2, 0.25) is 5.91 Å². The standard InChI is InChI=1S/C11H15ClFN3O/c1-3-16(6-11(17)15-2)10-5-8(13)7(12)4-9(10)14/h4-5H,3,6,14H2,1-2H3,(H,15,17). The van der Waals surface area contributed by atoms with Gasteiger partial charge in [-0.3, -0.25) is 4.79 Å². The molecule has 3 N–H and O–H groups in total. The van der Waals surface area contributed by atoms with Crippen molar-refractivity contribution in [2.75, 3.05) is 30.8 Å². The van der Waals surface area contributed by atoms with Gasteiger partial charge in [-0.2, -0.15) is 0 Å². The number of nitrogens with one attached hydrogen (secondary N) is 1. The van der Waals surface area contributed by atoms with Gasteiger partial charge in [-0.25, -0.2) is 4.39 Å². The predicted molar refractivity (Wildman–Crippen MR) is 67.8 cm³/mol. The molecule has 0 aromatic heterocycles. The Morgan fingerprint density at radius 3 is 2.76 bits per heavy atom. The molecule has 0 spiro atoms. The van der Waals surface area contributed by atoms with Crippen LogP contribution in [-0.2, 0) is 4.79 Å². The third kappa shape index (κ3) is 3.23. The highest BCUT2D eigenvalue weighted by molar-refractivity contribution is 6.31. The van der Waals surface area contributed by atoms with Crippen LogP contribution in [0.2, 0.25) is 5.02 Å². The first-order valence-electron chi connectivity index (χ1n) is 5.19. The second-order valence-electron chi connectivity index (χ2n) is 3.51. The molecule has 1 aromatic rings. The van der Waals surface area contributed by atoms with Gasteiger partial charge >= 0.3 is 0 Å². The number of halogens is 2. The number of benzene rings is 1. The average Bonchev–Trinajstić information content (AvgIpc) is 2.30. The minimum Gasteiger partial charge on any atom is -0.397 e. The lowest BCUT2D eigenvalue weighted by Crippen LogP contribution is -2.35. The summed E-state index contributed by atoms with van der Waals surface area (Å²) in [6.07, 6.45) is 0. The van der Waals surface area contributed by atoms with Crippen molar-refractivity contribution in [1.82, 2.24) is 5.32 Å². The van der Waals surface area contributed by atoms with Crippen molar-refractivity contribution in [3.63, 3.8) is 0 Å². The maximum absolute atomic E-state index is 13.4. The van der Waals surface area contributed by atoms with Crippen molar-refractivity contribution in [2.24, 2.45) is 0 Å². The molecule has 0 aliphatic rings. The maximum Gasteiger partial charge on any atom is 0.239 e. The van der Waals surface area contributed by atoms with E-state index in [9.17, 15) is 9.18 Å². The summed E-state index contributed by atoms with van der Waals surface area (Å²) in [5.41, 5.74) is 6.58. The second kappa shape index (κ2) is 5.72. The number of carbonyl (C=O) groups excluding carboxylic acids is 1. The van der Waals surface area contributed by atoms with Crippen LogP contribution in [0, 0.1) is 5.82 Å². The number of anilines is 2. The second-order valence-corrected chi connectivity index (χ2v) is 3.92. The van der Waals surface area contributed by atoms with Crippen molar-refractivity contribution in [1.29, 1.82) is 0 Å². The number of rotatable bonds is 4. The van der Waals surface area contributed by atoms with Crippen LogP contribution in [0.5, 0.6) is 0 Å². The van der Waals surface area contributed by atoms with E-state index < -0.39 is 5.82 Å². The van der Waals surface area contributed by atoms with E-state index in [4.69, 9.17) is 17.3 Å². The van der Waals surface area contributed by atoms with E-state index in [-0.39, 0.29) is 17.5 Å². The molecule has 1 rings (SSSR count). The first kappa shape index (κ1) is 13.6. The lowest BCUT2D eigenvalue weighted by molar-refractivity contribution is -0.119. The highest BCUT2D eigenvalue weighted by atomic mass is 35.5. The van der Waals surface area contributed by atoms with E-state index in [0.29, 0.717) is 17.9 Å². The van der Waals surface area contributed by atoms with Gasteiger partial charge in [-0.05, 0) is 13.0 Å². The van der Waals surface area contributed by atoms with Crippen LogP contribution in [0.25, 0.3) is 0 Å². The summed E-state index contributed by atoms with van der Waals surface area (Å²) in [6, 6.07) is 2.59. The van der Waals surface area contributed by atoms with E-state index in [1.54, 1.807) is 11.9 Å². The Morgan fingerprint density at radius 1 is 1.59 bits per heavy atom.